The molecule has 0 radical (unpaired) electrons. The molecule has 1 fully saturated rings. The minimum absolute atomic E-state index is 0.578. The number of nitrogens with two attached hydrogens (primary N) is 1. The van der Waals surface area contributed by atoms with Crippen molar-refractivity contribution in [3.63, 3.8) is 0 Å². The molecule has 0 bridgehead atoms. The van der Waals surface area contributed by atoms with E-state index < -0.39 is 0 Å². The van der Waals surface area contributed by atoms with Crippen LogP contribution in [0.1, 0.15) is 12.1 Å². The number of likely N-dealkylation sites (N-methyl/N-ethyl adjacent to an activating group) is 1. The molecule has 88 valence electrons. The lowest BCUT2D eigenvalue weighted by molar-refractivity contribution is 0.160. The van der Waals surface area contributed by atoms with Gasteiger partial charge in [-0.15, -0.1) is 0 Å². The van der Waals surface area contributed by atoms with Crippen LogP contribution in [0.3, 0.4) is 0 Å². The van der Waals surface area contributed by atoms with E-state index >= 15 is 0 Å². The Hall–Kier alpha value is -1.13. The van der Waals surface area contributed by atoms with Gasteiger partial charge in [-0.3, -0.25) is 4.98 Å². The summed E-state index contributed by atoms with van der Waals surface area (Å²) in [6, 6.07) is 4.48. The standard InChI is InChI=1S/C12H19N3O/c1-15(12-5-7-16-9-12)6-4-11-3-2-10(13)8-14-11/h2-3,8,12H,4-7,9,13H2,1H3. The molecule has 1 aromatic heterocycles. The summed E-state index contributed by atoms with van der Waals surface area (Å²) < 4.78 is 5.37. The quantitative estimate of drug-likeness (QED) is 0.821. The monoisotopic (exact) mass is 221 g/mol. The van der Waals surface area contributed by atoms with Crippen LogP contribution in [0.2, 0.25) is 0 Å². The van der Waals surface area contributed by atoms with Crippen LogP contribution in [0.5, 0.6) is 0 Å². The van der Waals surface area contributed by atoms with Crippen LogP contribution < -0.4 is 5.73 Å². The predicted octanol–water partition coefficient (Wildman–Crippen LogP) is 0.927. The van der Waals surface area contributed by atoms with Crippen LogP contribution in [-0.2, 0) is 11.2 Å². The van der Waals surface area contributed by atoms with Crippen LogP contribution in [-0.4, -0.2) is 42.7 Å². The third kappa shape index (κ3) is 2.93. The summed E-state index contributed by atoms with van der Waals surface area (Å²) in [7, 11) is 2.15. The molecule has 0 saturated carbocycles. The lowest BCUT2D eigenvalue weighted by atomic mass is 10.2. The fourth-order valence-electron chi connectivity index (χ4n) is 1.93. The van der Waals surface area contributed by atoms with Crippen molar-refractivity contribution in [1.29, 1.82) is 0 Å². The summed E-state index contributed by atoms with van der Waals surface area (Å²) in [5.41, 5.74) is 7.41. The van der Waals surface area contributed by atoms with E-state index in [2.05, 4.69) is 16.9 Å². The molecule has 4 heteroatoms. The van der Waals surface area contributed by atoms with Gasteiger partial charge in [0, 0.05) is 31.3 Å². The maximum absolute atomic E-state index is 5.59. The first-order valence-corrected chi connectivity index (χ1v) is 5.74. The lowest BCUT2D eigenvalue weighted by Crippen LogP contribution is -2.33. The Bertz CT molecular complexity index is 320. The molecule has 1 atom stereocenters. The van der Waals surface area contributed by atoms with Gasteiger partial charge in [-0.25, -0.2) is 0 Å². The van der Waals surface area contributed by atoms with Gasteiger partial charge in [-0.2, -0.15) is 0 Å². The molecular formula is C12H19N3O. The number of rotatable bonds is 4. The van der Waals surface area contributed by atoms with Crippen molar-refractivity contribution < 1.29 is 4.74 Å². The van der Waals surface area contributed by atoms with Gasteiger partial charge in [-0.05, 0) is 25.6 Å². The average Bonchev–Trinajstić information content (AvgIpc) is 2.81. The third-order valence-corrected chi connectivity index (χ3v) is 3.10. The summed E-state index contributed by atoms with van der Waals surface area (Å²) in [5.74, 6) is 0. The summed E-state index contributed by atoms with van der Waals surface area (Å²) >= 11 is 0. The Labute approximate surface area is 96.4 Å². The summed E-state index contributed by atoms with van der Waals surface area (Å²) in [4.78, 5) is 6.65. The van der Waals surface area contributed by atoms with Gasteiger partial charge in [0.2, 0.25) is 0 Å². The number of hydrogen-bond donors (Lipinski definition) is 1. The minimum Gasteiger partial charge on any atom is -0.397 e. The molecule has 0 spiro atoms. The first-order valence-electron chi connectivity index (χ1n) is 5.74. The van der Waals surface area contributed by atoms with Gasteiger partial charge < -0.3 is 15.4 Å². The summed E-state index contributed by atoms with van der Waals surface area (Å²) in [6.45, 7) is 2.78. The molecule has 2 heterocycles. The van der Waals surface area contributed by atoms with E-state index in [9.17, 15) is 0 Å². The summed E-state index contributed by atoms with van der Waals surface area (Å²) in [6.07, 6.45) is 3.83. The third-order valence-electron chi connectivity index (χ3n) is 3.10. The Kier molecular flexibility index (Phi) is 3.74. The highest BCUT2D eigenvalue weighted by Gasteiger charge is 2.19. The van der Waals surface area contributed by atoms with Crippen LogP contribution >= 0.6 is 0 Å². The fraction of sp³-hybridized carbons (Fsp3) is 0.583. The Morgan fingerprint density at radius 1 is 1.56 bits per heavy atom. The number of ether oxygens (including phenoxy) is 1. The molecule has 1 aliphatic heterocycles. The highest BCUT2D eigenvalue weighted by atomic mass is 16.5. The smallest absolute Gasteiger partial charge is 0.0622 e. The molecule has 16 heavy (non-hydrogen) atoms. The second-order valence-corrected chi connectivity index (χ2v) is 4.33. The van der Waals surface area contributed by atoms with E-state index in [1.54, 1.807) is 6.20 Å². The van der Waals surface area contributed by atoms with Gasteiger partial charge in [0.1, 0.15) is 0 Å². The topological polar surface area (TPSA) is 51.4 Å². The van der Waals surface area contributed by atoms with E-state index in [4.69, 9.17) is 10.5 Å². The van der Waals surface area contributed by atoms with Crippen molar-refractivity contribution in [3.8, 4) is 0 Å². The van der Waals surface area contributed by atoms with E-state index in [-0.39, 0.29) is 0 Å². The van der Waals surface area contributed by atoms with Crippen molar-refractivity contribution in [3.05, 3.63) is 24.0 Å². The van der Waals surface area contributed by atoms with Crippen molar-refractivity contribution in [2.24, 2.45) is 0 Å². The maximum Gasteiger partial charge on any atom is 0.0622 e. The largest absolute Gasteiger partial charge is 0.397 e. The minimum atomic E-state index is 0.578. The molecule has 2 rings (SSSR count). The van der Waals surface area contributed by atoms with Gasteiger partial charge in [0.05, 0.1) is 18.5 Å². The van der Waals surface area contributed by atoms with Crippen molar-refractivity contribution >= 4 is 5.69 Å². The zero-order valence-corrected chi connectivity index (χ0v) is 9.72. The average molecular weight is 221 g/mol. The van der Waals surface area contributed by atoms with E-state index in [1.165, 1.54) is 0 Å². The molecule has 0 aromatic carbocycles. The highest BCUT2D eigenvalue weighted by Crippen LogP contribution is 2.11. The van der Waals surface area contributed by atoms with Crippen molar-refractivity contribution in [2.75, 3.05) is 32.5 Å². The van der Waals surface area contributed by atoms with Crippen molar-refractivity contribution in [1.82, 2.24) is 9.88 Å². The fourth-order valence-corrected chi connectivity index (χ4v) is 1.93. The SMILES string of the molecule is CN(CCc1ccc(N)cn1)C1CCOC1. The highest BCUT2D eigenvalue weighted by molar-refractivity contribution is 5.34. The molecular weight excluding hydrogens is 202 g/mol. The Morgan fingerprint density at radius 2 is 2.44 bits per heavy atom. The van der Waals surface area contributed by atoms with Crippen LogP contribution in [0.25, 0.3) is 0 Å². The molecule has 1 aromatic rings. The molecule has 1 aliphatic rings. The second-order valence-electron chi connectivity index (χ2n) is 4.33. The first-order chi connectivity index (χ1) is 7.75. The van der Waals surface area contributed by atoms with E-state index in [0.717, 1.165) is 44.0 Å². The van der Waals surface area contributed by atoms with Crippen molar-refractivity contribution in [2.45, 2.75) is 18.9 Å². The van der Waals surface area contributed by atoms with Gasteiger partial charge in [0.15, 0.2) is 0 Å². The Morgan fingerprint density at radius 3 is 3.06 bits per heavy atom. The van der Waals surface area contributed by atoms with Gasteiger partial charge >= 0.3 is 0 Å². The normalized spacial score (nSPS) is 20.5. The number of nitrogen functional groups attached to an aromatic ring is 1. The molecule has 1 saturated heterocycles. The number of pyridine rings is 1. The van der Waals surface area contributed by atoms with Crippen LogP contribution in [0, 0.1) is 0 Å². The maximum atomic E-state index is 5.59. The number of anilines is 1. The second kappa shape index (κ2) is 5.27. The molecule has 0 amide bonds. The number of nitrogens with zero attached hydrogens (tertiary/aromatic N) is 2. The van der Waals surface area contributed by atoms with Gasteiger partial charge in [0.25, 0.3) is 0 Å². The van der Waals surface area contributed by atoms with Gasteiger partial charge in [-0.1, -0.05) is 0 Å². The first kappa shape index (κ1) is 11.4. The molecule has 4 nitrogen and oxygen atoms in total. The molecule has 2 N–H and O–H groups in total. The van der Waals surface area contributed by atoms with Crippen LogP contribution in [0.4, 0.5) is 5.69 Å². The predicted molar refractivity (Wildman–Crippen MR) is 64.2 cm³/mol. The zero-order chi connectivity index (χ0) is 11.4. The van der Waals surface area contributed by atoms with Crippen LogP contribution in [0.15, 0.2) is 18.3 Å². The molecule has 1 unspecified atom stereocenters. The van der Waals surface area contributed by atoms with E-state index in [1.807, 2.05) is 12.1 Å². The number of hydrogen-bond acceptors (Lipinski definition) is 4. The van der Waals surface area contributed by atoms with E-state index in [0.29, 0.717) is 6.04 Å². The number of aromatic nitrogens is 1. The Balaban J connectivity index is 1.80. The zero-order valence-electron chi connectivity index (χ0n) is 9.72. The summed E-state index contributed by atoms with van der Waals surface area (Å²) in [5, 5.41) is 0. The molecule has 0 aliphatic carbocycles. The lowest BCUT2D eigenvalue weighted by Gasteiger charge is -2.22.